The topological polar surface area (TPSA) is 78.4 Å². The first-order valence-electron chi connectivity index (χ1n) is 5.66. The number of nitrogen functional groups attached to an aromatic ring is 1. The Bertz CT molecular complexity index is 687. The minimum absolute atomic E-state index is 0.0129. The molecule has 0 unspecified atom stereocenters. The number of hydrogen-bond acceptors (Lipinski definition) is 4. The van der Waals surface area contributed by atoms with Crippen LogP contribution in [0, 0.1) is 10.1 Å². The Kier molecular flexibility index (Phi) is 3.70. The van der Waals surface area contributed by atoms with Crippen molar-refractivity contribution in [1.29, 1.82) is 0 Å². The van der Waals surface area contributed by atoms with E-state index in [-0.39, 0.29) is 22.9 Å². The maximum atomic E-state index is 12.6. The van der Waals surface area contributed by atoms with Crippen LogP contribution in [-0.4, -0.2) is 4.92 Å². The van der Waals surface area contributed by atoms with Crippen molar-refractivity contribution in [2.75, 3.05) is 5.73 Å². The SMILES string of the molecule is Nc1cc(Oc2cccc(C(F)(F)F)c2)cc([N+](=O)[O-])c1. The van der Waals surface area contributed by atoms with Crippen LogP contribution in [0.25, 0.3) is 0 Å². The third-order valence-electron chi connectivity index (χ3n) is 2.52. The molecule has 0 spiro atoms. The first kappa shape index (κ1) is 14.6. The van der Waals surface area contributed by atoms with Gasteiger partial charge in [-0.05, 0) is 18.2 Å². The second kappa shape index (κ2) is 5.31. The minimum atomic E-state index is -4.50. The maximum absolute atomic E-state index is 12.6. The van der Waals surface area contributed by atoms with Crippen LogP contribution in [0.15, 0.2) is 42.5 Å². The number of nitro groups is 1. The second-order valence-electron chi connectivity index (χ2n) is 4.15. The summed E-state index contributed by atoms with van der Waals surface area (Å²) in [5, 5.41) is 10.7. The molecule has 2 rings (SSSR count). The molecule has 2 aromatic rings. The molecule has 2 N–H and O–H groups in total. The van der Waals surface area contributed by atoms with Crippen molar-refractivity contribution in [3.8, 4) is 11.5 Å². The predicted molar refractivity (Wildman–Crippen MR) is 69.0 cm³/mol. The predicted octanol–water partition coefficient (Wildman–Crippen LogP) is 3.99. The van der Waals surface area contributed by atoms with Crippen LogP contribution in [0.1, 0.15) is 5.56 Å². The fourth-order valence-corrected chi connectivity index (χ4v) is 1.64. The summed E-state index contributed by atoms with van der Waals surface area (Å²) in [5.41, 5.74) is 4.38. The molecule has 0 aliphatic rings. The van der Waals surface area contributed by atoms with Gasteiger partial charge in [-0.15, -0.1) is 0 Å². The lowest BCUT2D eigenvalue weighted by Crippen LogP contribution is -2.04. The molecule has 0 aliphatic carbocycles. The molecule has 0 amide bonds. The Balaban J connectivity index is 2.32. The fraction of sp³-hybridized carbons (Fsp3) is 0.0769. The summed E-state index contributed by atoms with van der Waals surface area (Å²) < 4.78 is 42.9. The minimum Gasteiger partial charge on any atom is -0.457 e. The lowest BCUT2D eigenvalue weighted by molar-refractivity contribution is -0.384. The van der Waals surface area contributed by atoms with Gasteiger partial charge in [0.15, 0.2) is 0 Å². The molecule has 5 nitrogen and oxygen atoms in total. The van der Waals surface area contributed by atoms with Gasteiger partial charge in [0, 0.05) is 17.8 Å². The number of hydrogen-bond donors (Lipinski definition) is 1. The van der Waals surface area contributed by atoms with E-state index in [4.69, 9.17) is 10.5 Å². The van der Waals surface area contributed by atoms with E-state index in [1.807, 2.05) is 0 Å². The summed E-state index contributed by atoms with van der Waals surface area (Å²) in [6.07, 6.45) is -4.50. The molecule has 2 aromatic carbocycles. The third kappa shape index (κ3) is 3.62. The first-order chi connectivity index (χ1) is 9.75. The summed E-state index contributed by atoms with van der Waals surface area (Å²) in [7, 11) is 0. The van der Waals surface area contributed by atoms with Gasteiger partial charge in [0.1, 0.15) is 11.5 Å². The van der Waals surface area contributed by atoms with Crippen molar-refractivity contribution in [2.45, 2.75) is 6.18 Å². The van der Waals surface area contributed by atoms with E-state index in [1.54, 1.807) is 0 Å². The number of anilines is 1. The highest BCUT2D eigenvalue weighted by Crippen LogP contribution is 2.33. The third-order valence-corrected chi connectivity index (χ3v) is 2.52. The average molecular weight is 298 g/mol. The van der Waals surface area contributed by atoms with E-state index in [2.05, 4.69) is 0 Å². The number of nitro benzene ring substituents is 1. The van der Waals surface area contributed by atoms with Gasteiger partial charge in [-0.1, -0.05) is 6.07 Å². The molecule has 0 aromatic heterocycles. The van der Waals surface area contributed by atoms with E-state index in [1.165, 1.54) is 18.2 Å². The van der Waals surface area contributed by atoms with E-state index < -0.39 is 16.7 Å². The number of non-ortho nitro benzene ring substituents is 1. The molecule has 0 saturated carbocycles. The summed E-state index contributed by atoms with van der Waals surface area (Å²) in [4.78, 5) is 10.0. The van der Waals surface area contributed by atoms with Gasteiger partial charge in [-0.25, -0.2) is 0 Å². The van der Waals surface area contributed by atoms with Crippen LogP contribution < -0.4 is 10.5 Å². The molecule has 21 heavy (non-hydrogen) atoms. The molecule has 8 heteroatoms. The Morgan fingerprint density at radius 1 is 1.10 bits per heavy atom. The molecular weight excluding hydrogens is 289 g/mol. The number of alkyl halides is 3. The van der Waals surface area contributed by atoms with Crippen molar-refractivity contribution in [3.63, 3.8) is 0 Å². The number of rotatable bonds is 3. The normalized spacial score (nSPS) is 11.2. The van der Waals surface area contributed by atoms with Crippen molar-refractivity contribution < 1.29 is 22.8 Å². The number of ether oxygens (including phenoxy) is 1. The smallest absolute Gasteiger partial charge is 0.416 e. The van der Waals surface area contributed by atoms with Crippen LogP contribution in [0.5, 0.6) is 11.5 Å². The van der Waals surface area contributed by atoms with Gasteiger partial charge in [-0.2, -0.15) is 13.2 Å². The van der Waals surface area contributed by atoms with Crippen molar-refractivity contribution in [2.24, 2.45) is 0 Å². The standard InChI is InChI=1S/C13H9F3N2O3/c14-13(15,16)8-2-1-3-11(4-8)21-12-6-9(17)5-10(7-12)18(19)20/h1-7H,17H2. The monoisotopic (exact) mass is 298 g/mol. The second-order valence-corrected chi connectivity index (χ2v) is 4.15. The lowest BCUT2D eigenvalue weighted by Gasteiger charge is -2.10. The number of nitrogens with two attached hydrogens (primary N) is 1. The van der Waals surface area contributed by atoms with Gasteiger partial charge in [0.2, 0.25) is 0 Å². The Morgan fingerprint density at radius 3 is 2.43 bits per heavy atom. The van der Waals surface area contributed by atoms with Crippen molar-refractivity contribution in [1.82, 2.24) is 0 Å². The highest BCUT2D eigenvalue weighted by Gasteiger charge is 2.30. The Labute approximate surface area is 116 Å². The van der Waals surface area contributed by atoms with Crippen LogP contribution >= 0.6 is 0 Å². The van der Waals surface area contributed by atoms with Crippen LogP contribution in [0.3, 0.4) is 0 Å². The molecule has 0 saturated heterocycles. The van der Waals surface area contributed by atoms with Gasteiger partial charge in [0.25, 0.3) is 5.69 Å². The zero-order valence-corrected chi connectivity index (χ0v) is 10.4. The summed E-state index contributed by atoms with van der Waals surface area (Å²) in [6, 6.07) is 7.68. The summed E-state index contributed by atoms with van der Waals surface area (Å²) in [5.74, 6) is -0.106. The Morgan fingerprint density at radius 2 is 1.81 bits per heavy atom. The maximum Gasteiger partial charge on any atom is 0.416 e. The molecule has 0 bridgehead atoms. The highest BCUT2D eigenvalue weighted by atomic mass is 19.4. The fourth-order valence-electron chi connectivity index (χ4n) is 1.64. The first-order valence-corrected chi connectivity index (χ1v) is 5.66. The zero-order chi connectivity index (χ0) is 15.6. The van der Waals surface area contributed by atoms with Crippen molar-refractivity contribution in [3.05, 3.63) is 58.1 Å². The van der Waals surface area contributed by atoms with E-state index >= 15 is 0 Å². The largest absolute Gasteiger partial charge is 0.457 e. The lowest BCUT2D eigenvalue weighted by atomic mass is 10.2. The zero-order valence-electron chi connectivity index (χ0n) is 10.4. The highest BCUT2D eigenvalue weighted by molar-refractivity contribution is 5.54. The van der Waals surface area contributed by atoms with Gasteiger partial charge < -0.3 is 10.5 Å². The summed E-state index contributed by atoms with van der Waals surface area (Å²) in [6.45, 7) is 0. The summed E-state index contributed by atoms with van der Waals surface area (Å²) >= 11 is 0. The van der Waals surface area contributed by atoms with Crippen molar-refractivity contribution >= 4 is 11.4 Å². The molecule has 0 aliphatic heterocycles. The quantitative estimate of drug-likeness (QED) is 0.528. The van der Waals surface area contributed by atoms with E-state index in [9.17, 15) is 23.3 Å². The van der Waals surface area contributed by atoms with Crippen LogP contribution in [0.2, 0.25) is 0 Å². The molecule has 0 heterocycles. The van der Waals surface area contributed by atoms with E-state index in [0.29, 0.717) is 0 Å². The van der Waals surface area contributed by atoms with Gasteiger partial charge in [0.05, 0.1) is 16.6 Å². The molecule has 110 valence electrons. The number of nitrogens with zero attached hydrogens (tertiary/aromatic N) is 1. The van der Waals surface area contributed by atoms with Crippen LogP contribution in [-0.2, 0) is 6.18 Å². The average Bonchev–Trinajstić information content (AvgIpc) is 2.37. The van der Waals surface area contributed by atoms with Gasteiger partial charge >= 0.3 is 6.18 Å². The number of benzene rings is 2. The molecule has 0 radical (unpaired) electrons. The molecular formula is C13H9F3N2O3. The number of halogens is 3. The van der Waals surface area contributed by atoms with Gasteiger partial charge in [-0.3, -0.25) is 10.1 Å². The Hall–Kier alpha value is -2.77. The molecule has 0 atom stereocenters. The molecule has 0 fully saturated rings. The van der Waals surface area contributed by atoms with Crippen LogP contribution in [0.4, 0.5) is 24.5 Å². The van der Waals surface area contributed by atoms with E-state index in [0.717, 1.165) is 24.3 Å².